The fourth-order valence-electron chi connectivity index (χ4n) is 4.14. The number of pyridine rings is 1. The van der Waals surface area contributed by atoms with Gasteiger partial charge in [-0.15, -0.1) is 0 Å². The Morgan fingerprint density at radius 2 is 2.00 bits per heavy atom. The van der Waals surface area contributed by atoms with Crippen molar-refractivity contribution in [1.82, 2.24) is 15.4 Å². The Labute approximate surface area is 172 Å². The molecular weight excluding hydrogens is 402 g/mol. The van der Waals surface area contributed by atoms with Crippen LogP contribution in [-0.2, 0) is 4.84 Å². The van der Waals surface area contributed by atoms with Crippen molar-refractivity contribution in [3.05, 3.63) is 41.8 Å². The van der Waals surface area contributed by atoms with Gasteiger partial charge in [-0.05, 0) is 44.2 Å². The topological polar surface area (TPSA) is 54.5 Å². The summed E-state index contributed by atoms with van der Waals surface area (Å²) in [6.07, 6.45) is -2.80. The van der Waals surface area contributed by atoms with Crippen molar-refractivity contribution < 1.29 is 27.2 Å². The zero-order valence-electron chi connectivity index (χ0n) is 16.9. The first-order chi connectivity index (χ1) is 14.1. The number of piperidine rings is 1. The Morgan fingerprint density at radius 3 is 2.63 bits per heavy atom. The van der Waals surface area contributed by atoms with E-state index in [9.17, 15) is 22.4 Å². The summed E-state index contributed by atoms with van der Waals surface area (Å²) in [6, 6.07) is 5.78. The third kappa shape index (κ3) is 5.66. The van der Waals surface area contributed by atoms with E-state index in [1.54, 1.807) is 18.2 Å². The number of halogens is 4. The van der Waals surface area contributed by atoms with Crippen LogP contribution in [0, 0.1) is 11.7 Å². The van der Waals surface area contributed by atoms with Crippen molar-refractivity contribution in [3.8, 4) is 0 Å². The Hall–Kier alpha value is -2.26. The molecule has 0 radical (unpaired) electrons. The standard InChI is InChI=1S/C21H25F4N3O2/c1-20(13-21(23,24)25,11-14-6-8-28(30-2)9-7-14)27-19(29)16-10-15-4-3-5-17(22)18(15)26-12-16/h3-5,10,12,14H,6-9,11,13H2,1-2H3,(H,27,29). The minimum absolute atomic E-state index is 0.0351. The SMILES string of the molecule is CON1CCC(CC(C)(CC(F)(F)F)NC(=O)c2cnc3c(F)cccc3c2)CC1. The number of fused-ring (bicyclic) bond motifs is 1. The summed E-state index contributed by atoms with van der Waals surface area (Å²) < 4.78 is 53.7. The average Bonchev–Trinajstić information content (AvgIpc) is 2.66. The highest BCUT2D eigenvalue weighted by atomic mass is 19.4. The van der Waals surface area contributed by atoms with Crippen LogP contribution in [0.25, 0.3) is 10.9 Å². The highest BCUT2D eigenvalue weighted by molar-refractivity contribution is 5.97. The van der Waals surface area contributed by atoms with E-state index in [1.165, 1.54) is 31.3 Å². The van der Waals surface area contributed by atoms with Crippen molar-refractivity contribution in [2.24, 2.45) is 5.92 Å². The third-order valence-corrected chi connectivity index (χ3v) is 5.50. The van der Waals surface area contributed by atoms with Gasteiger partial charge in [-0.25, -0.2) is 4.39 Å². The molecule has 0 aliphatic carbocycles. The van der Waals surface area contributed by atoms with Gasteiger partial charge in [-0.3, -0.25) is 9.78 Å². The van der Waals surface area contributed by atoms with Gasteiger partial charge in [0.05, 0.1) is 19.1 Å². The number of carbonyl (C=O) groups excluding carboxylic acids is 1. The highest BCUT2D eigenvalue weighted by Gasteiger charge is 2.42. The molecule has 1 aliphatic heterocycles. The van der Waals surface area contributed by atoms with Crippen LogP contribution in [0.4, 0.5) is 17.6 Å². The number of nitrogens with zero attached hydrogens (tertiary/aromatic N) is 2. The van der Waals surface area contributed by atoms with Crippen LogP contribution in [0.5, 0.6) is 0 Å². The van der Waals surface area contributed by atoms with Gasteiger partial charge in [-0.1, -0.05) is 12.1 Å². The van der Waals surface area contributed by atoms with Crippen molar-refractivity contribution in [2.45, 2.75) is 44.3 Å². The van der Waals surface area contributed by atoms with Gasteiger partial charge in [0.25, 0.3) is 5.91 Å². The quantitative estimate of drug-likeness (QED) is 0.691. The molecule has 2 heterocycles. The van der Waals surface area contributed by atoms with Crippen molar-refractivity contribution in [1.29, 1.82) is 0 Å². The second kappa shape index (κ2) is 8.85. The molecule has 164 valence electrons. The summed E-state index contributed by atoms with van der Waals surface area (Å²) >= 11 is 0. The summed E-state index contributed by atoms with van der Waals surface area (Å²) in [4.78, 5) is 21.9. The molecule has 1 saturated heterocycles. The first kappa shape index (κ1) is 22.4. The lowest BCUT2D eigenvalue weighted by molar-refractivity contribution is -0.157. The maximum Gasteiger partial charge on any atom is 0.391 e. The van der Waals surface area contributed by atoms with Crippen LogP contribution < -0.4 is 5.32 Å². The van der Waals surface area contributed by atoms with Crippen molar-refractivity contribution in [2.75, 3.05) is 20.2 Å². The van der Waals surface area contributed by atoms with Crippen molar-refractivity contribution in [3.63, 3.8) is 0 Å². The predicted octanol–water partition coefficient (Wildman–Crippen LogP) is 4.48. The Morgan fingerprint density at radius 1 is 1.30 bits per heavy atom. The number of benzene rings is 1. The maximum atomic E-state index is 13.8. The molecule has 0 spiro atoms. The number of nitrogens with one attached hydrogen (secondary N) is 1. The van der Waals surface area contributed by atoms with E-state index in [0.29, 0.717) is 31.3 Å². The van der Waals surface area contributed by atoms with Crippen LogP contribution in [-0.4, -0.2) is 47.9 Å². The van der Waals surface area contributed by atoms with Crippen LogP contribution in [0.15, 0.2) is 30.5 Å². The van der Waals surface area contributed by atoms with Gasteiger partial charge in [-0.2, -0.15) is 18.2 Å². The molecule has 1 atom stereocenters. The van der Waals surface area contributed by atoms with E-state index in [0.717, 1.165) is 0 Å². The van der Waals surface area contributed by atoms with Crippen molar-refractivity contribution >= 4 is 16.8 Å². The number of carbonyl (C=O) groups is 1. The number of hydrogen-bond acceptors (Lipinski definition) is 4. The summed E-state index contributed by atoms with van der Waals surface area (Å²) in [5, 5.41) is 4.76. The number of hydrogen-bond donors (Lipinski definition) is 1. The number of alkyl halides is 3. The minimum atomic E-state index is -4.43. The van der Waals surface area contributed by atoms with Crippen LogP contribution in [0.3, 0.4) is 0 Å². The predicted molar refractivity (Wildman–Crippen MR) is 104 cm³/mol. The van der Waals surface area contributed by atoms with E-state index in [1.807, 2.05) is 0 Å². The summed E-state index contributed by atoms with van der Waals surface area (Å²) in [5.74, 6) is -1.15. The smallest absolute Gasteiger partial charge is 0.346 e. The van der Waals surface area contributed by atoms with Gasteiger partial charge in [0.1, 0.15) is 11.3 Å². The molecule has 1 aromatic heterocycles. The lowest BCUT2D eigenvalue weighted by Crippen LogP contribution is -2.50. The molecular formula is C21H25F4N3O2. The van der Waals surface area contributed by atoms with E-state index < -0.39 is 29.9 Å². The van der Waals surface area contributed by atoms with E-state index in [2.05, 4.69) is 10.3 Å². The number of amides is 1. The van der Waals surface area contributed by atoms with Crippen LogP contribution >= 0.6 is 0 Å². The summed E-state index contributed by atoms with van der Waals surface area (Å²) in [7, 11) is 1.57. The molecule has 1 fully saturated rings. The maximum absolute atomic E-state index is 13.8. The Kier molecular flexibility index (Phi) is 6.62. The molecule has 1 unspecified atom stereocenters. The van der Waals surface area contributed by atoms with Crippen LogP contribution in [0.2, 0.25) is 0 Å². The minimum Gasteiger partial charge on any atom is -0.346 e. The largest absolute Gasteiger partial charge is 0.391 e. The first-order valence-electron chi connectivity index (χ1n) is 9.81. The number of hydroxylamine groups is 2. The van der Waals surface area contributed by atoms with E-state index >= 15 is 0 Å². The lowest BCUT2D eigenvalue weighted by Gasteiger charge is -2.38. The molecule has 9 heteroatoms. The molecule has 1 aliphatic rings. The molecule has 30 heavy (non-hydrogen) atoms. The Bertz CT molecular complexity index is 897. The van der Waals surface area contributed by atoms with Gasteiger partial charge in [0, 0.05) is 30.2 Å². The van der Waals surface area contributed by atoms with Crippen LogP contribution in [0.1, 0.15) is 43.0 Å². The lowest BCUT2D eigenvalue weighted by atomic mass is 9.81. The zero-order chi connectivity index (χ0) is 21.9. The van der Waals surface area contributed by atoms with E-state index in [4.69, 9.17) is 4.84 Å². The average molecular weight is 427 g/mol. The normalized spacial score (nSPS) is 18.3. The van der Waals surface area contributed by atoms with Gasteiger partial charge in [0.15, 0.2) is 0 Å². The fraction of sp³-hybridized carbons (Fsp3) is 0.524. The van der Waals surface area contributed by atoms with E-state index in [-0.39, 0.29) is 23.4 Å². The molecule has 1 aromatic carbocycles. The second-order valence-electron chi connectivity index (χ2n) is 8.10. The molecule has 2 aromatic rings. The molecule has 0 saturated carbocycles. The van der Waals surface area contributed by atoms with Gasteiger partial charge >= 0.3 is 6.18 Å². The fourth-order valence-corrected chi connectivity index (χ4v) is 4.14. The number of rotatable bonds is 6. The molecule has 1 N–H and O–H groups in total. The van der Waals surface area contributed by atoms with Gasteiger partial charge < -0.3 is 10.2 Å². The first-order valence-corrected chi connectivity index (χ1v) is 9.81. The monoisotopic (exact) mass is 427 g/mol. The summed E-state index contributed by atoms with van der Waals surface area (Å²) in [6.45, 7) is 2.70. The number of aromatic nitrogens is 1. The zero-order valence-corrected chi connectivity index (χ0v) is 16.9. The third-order valence-electron chi connectivity index (χ3n) is 5.50. The molecule has 5 nitrogen and oxygen atoms in total. The van der Waals surface area contributed by atoms with Gasteiger partial charge in [0.2, 0.25) is 0 Å². The molecule has 0 bridgehead atoms. The Balaban J connectivity index is 1.77. The second-order valence-corrected chi connectivity index (χ2v) is 8.10. The molecule has 3 rings (SSSR count). The highest BCUT2D eigenvalue weighted by Crippen LogP contribution is 2.35. The number of para-hydroxylation sites is 1. The molecule has 1 amide bonds. The summed E-state index contributed by atoms with van der Waals surface area (Å²) in [5.41, 5.74) is -1.26.